The zero-order valence-corrected chi connectivity index (χ0v) is 12.2. The molecule has 2 rings (SSSR count). The minimum absolute atomic E-state index is 0. The molecule has 0 bridgehead atoms. The molecule has 0 saturated heterocycles. The number of halogens is 2. The van der Waals surface area contributed by atoms with E-state index in [4.69, 9.17) is 21.0 Å². The van der Waals surface area contributed by atoms with Gasteiger partial charge in [0.25, 0.3) is 6.10 Å². The number of hydrogen-bond donors (Lipinski definition) is 4. The van der Waals surface area contributed by atoms with Gasteiger partial charge in [-0.1, -0.05) is 6.07 Å². The van der Waals surface area contributed by atoms with Gasteiger partial charge in [0.2, 0.25) is 0 Å². The molecule has 1 unspecified atom stereocenters. The summed E-state index contributed by atoms with van der Waals surface area (Å²) >= 11 is 0. The van der Waals surface area contributed by atoms with Crippen LogP contribution < -0.4 is 15.8 Å². The molecule has 1 heterocycles. The molecule has 1 aliphatic heterocycles. The Balaban J connectivity index is 0.00000180. The third-order valence-electron chi connectivity index (χ3n) is 2.82. The Morgan fingerprint density at radius 1 is 1.40 bits per heavy atom. The average Bonchev–Trinajstić information content (AvgIpc) is 2.35. The zero-order chi connectivity index (χ0) is 13.1. The predicted octanol–water partition coefficient (Wildman–Crippen LogP) is 0.944. The van der Waals surface area contributed by atoms with Gasteiger partial charge in [-0.15, -0.1) is 24.8 Å². The summed E-state index contributed by atoms with van der Waals surface area (Å²) in [7, 11) is 0. The van der Waals surface area contributed by atoms with Crippen molar-refractivity contribution in [2.24, 2.45) is 5.73 Å². The van der Waals surface area contributed by atoms with E-state index in [1.54, 1.807) is 12.1 Å². The highest BCUT2D eigenvalue weighted by Gasteiger charge is 2.23. The fourth-order valence-electron chi connectivity index (χ4n) is 1.91. The molecule has 0 radical (unpaired) electrons. The highest BCUT2D eigenvalue weighted by atomic mass is 35.5. The number of fused-ring (bicyclic) bond motifs is 1. The van der Waals surface area contributed by atoms with Crippen LogP contribution in [0, 0.1) is 5.41 Å². The standard InChI is InChI=1S/C12H15N3O3.2ClH/c13-11(14)10(12(16)17)18-9-2-1-7-3-4-15-6-8(7)5-9;;/h1-2,5,10,15H,3-4,6H2,(H3,13,14)(H,16,17);2*1H. The molecule has 0 aliphatic carbocycles. The lowest BCUT2D eigenvalue weighted by atomic mass is 10.0. The topological polar surface area (TPSA) is 108 Å². The summed E-state index contributed by atoms with van der Waals surface area (Å²) in [4.78, 5) is 10.9. The Morgan fingerprint density at radius 2 is 2.10 bits per heavy atom. The maximum Gasteiger partial charge on any atom is 0.352 e. The summed E-state index contributed by atoms with van der Waals surface area (Å²) < 4.78 is 5.23. The van der Waals surface area contributed by atoms with Gasteiger partial charge in [0, 0.05) is 6.54 Å². The number of amidine groups is 1. The normalized spacial score (nSPS) is 14.0. The third-order valence-corrected chi connectivity index (χ3v) is 2.82. The van der Waals surface area contributed by atoms with E-state index in [0.717, 1.165) is 25.1 Å². The predicted molar refractivity (Wildman–Crippen MR) is 80.3 cm³/mol. The number of benzene rings is 1. The maximum absolute atomic E-state index is 10.9. The number of carboxylic acids is 1. The second-order valence-electron chi connectivity index (χ2n) is 4.15. The second-order valence-corrected chi connectivity index (χ2v) is 4.15. The van der Waals surface area contributed by atoms with Crippen LogP contribution in [0.15, 0.2) is 18.2 Å². The van der Waals surface area contributed by atoms with E-state index in [-0.39, 0.29) is 24.8 Å². The Bertz CT molecular complexity index is 483. The van der Waals surface area contributed by atoms with Crippen LogP contribution in [-0.4, -0.2) is 29.6 Å². The van der Waals surface area contributed by atoms with Crippen molar-refractivity contribution in [3.63, 3.8) is 0 Å². The lowest BCUT2D eigenvalue weighted by molar-refractivity contribution is -0.141. The van der Waals surface area contributed by atoms with Gasteiger partial charge in [-0.25, -0.2) is 4.79 Å². The van der Waals surface area contributed by atoms with E-state index < -0.39 is 17.9 Å². The molecule has 0 spiro atoms. The van der Waals surface area contributed by atoms with Crippen LogP contribution in [0.2, 0.25) is 0 Å². The molecule has 6 nitrogen and oxygen atoms in total. The molecule has 0 amide bonds. The van der Waals surface area contributed by atoms with Crippen molar-refractivity contribution in [2.45, 2.75) is 19.1 Å². The number of nitrogens with one attached hydrogen (secondary N) is 2. The SMILES string of the molecule is Cl.Cl.N=C(N)C(Oc1ccc2c(c1)CNCC2)C(=O)O. The molecule has 0 fully saturated rings. The summed E-state index contributed by atoms with van der Waals surface area (Å²) in [6.45, 7) is 1.68. The summed E-state index contributed by atoms with van der Waals surface area (Å²) in [6, 6.07) is 5.42. The van der Waals surface area contributed by atoms with Crippen LogP contribution in [0.1, 0.15) is 11.1 Å². The maximum atomic E-state index is 10.9. The molecule has 0 aromatic heterocycles. The third kappa shape index (κ3) is 4.26. The van der Waals surface area contributed by atoms with Crippen molar-refractivity contribution < 1.29 is 14.6 Å². The van der Waals surface area contributed by atoms with Crippen LogP contribution in [-0.2, 0) is 17.8 Å². The van der Waals surface area contributed by atoms with Crippen molar-refractivity contribution in [1.29, 1.82) is 5.41 Å². The first kappa shape index (κ1) is 18.5. The van der Waals surface area contributed by atoms with E-state index in [1.807, 2.05) is 6.07 Å². The van der Waals surface area contributed by atoms with Crippen LogP contribution in [0.25, 0.3) is 0 Å². The van der Waals surface area contributed by atoms with Gasteiger partial charge in [-0.05, 0) is 36.2 Å². The van der Waals surface area contributed by atoms with Gasteiger partial charge < -0.3 is 20.9 Å². The van der Waals surface area contributed by atoms with Crippen molar-refractivity contribution in [3.8, 4) is 5.75 Å². The molecule has 1 atom stereocenters. The lowest BCUT2D eigenvalue weighted by Crippen LogP contribution is -2.40. The summed E-state index contributed by atoms with van der Waals surface area (Å²) in [5.41, 5.74) is 7.51. The van der Waals surface area contributed by atoms with Gasteiger partial charge in [-0.2, -0.15) is 0 Å². The minimum atomic E-state index is -1.43. The molecule has 112 valence electrons. The van der Waals surface area contributed by atoms with Crippen LogP contribution in [0.5, 0.6) is 5.75 Å². The zero-order valence-electron chi connectivity index (χ0n) is 10.6. The highest BCUT2D eigenvalue weighted by molar-refractivity contribution is 6.00. The van der Waals surface area contributed by atoms with Crippen LogP contribution in [0.4, 0.5) is 0 Å². The number of hydrogen-bond acceptors (Lipinski definition) is 4. The first-order valence-electron chi connectivity index (χ1n) is 5.64. The molecule has 20 heavy (non-hydrogen) atoms. The molecule has 8 heteroatoms. The molecular weight excluding hydrogens is 305 g/mol. The Kier molecular flexibility index (Phi) is 7.34. The number of rotatable bonds is 4. The second kappa shape index (κ2) is 7.94. The smallest absolute Gasteiger partial charge is 0.352 e. The highest BCUT2D eigenvalue weighted by Crippen LogP contribution is 2.21. The van der Waals surface area contributed by atoms with E-state index in [0.29, 0.717) is 5.75 Å². The van der Waals surface area contributed by atoms with E-state index in [9.17, 15) is 4.79 Å². The average molecular weight is 322 g/mol. The Morgan fingerprint density at radius 3 is 2.70 bits per heavy atom. The van der Waals surface area contributed by atoms with Gasteiger partial charge in [0.05, 0.1) is 0 Å². The van der Waals surface area contributed by atoms with Crippen molar-refractivity contribution >= 4 is 36.6 Å². The number of aliphatic carboxylic acids is 1. The van der Waals surface area contributed by atoms with E-state index >= 15 is 0 Å². The van der Waals surface area contributed by atoms with Gasteiger partial charge in [0.1, 0.15) is 11.6 Å². The molecule has 1 aromatic carbocycles. The number of carbonyl (C=O) groups is 1. The number of ether oxygens (including phenoxy) is 1. The molecule has 5 N–H and O–H groups in total. The first-order chi connectivity index (χ1) is 8.58. The summed E-state index contributed by atoms with van der Waals surface area (Å²) in [5.74, 6) is -1.36. The van der Waals surface area contributed by atoms with Crippen LogP contribution in [0.3, 0.4) is 0 Å². The fraction of sp³-hybridized carbons (Fsp3) is 0.333. The molecule has 1 aliphatic rings. The number of carboxylic acid groups (broad SMARTS) is 1. The van der Waals surface area contributed by atoms with Gasteiger partial charge >= 0.3 is 5.97 Å². The van der Waals surface area contributed by atoms with Gasteiger partial charge in [0.15, 0.2) is 0 Å². The Labute approximate surface area is 129 Å². The summed E-state index contributed by atoms with van der Waals surface area (Å²) in [6.07, 6.45) is -0.482. The molecule has 0 saturated carbocycles. The quantitative estimate of drug-likeness (QED) is 0.487. The Hall–Kier alpha value is -1.50. The van der Waals surface area contributed by atoms with E-state index in [2.05, 4.69) is 5.32 Å². The van der Waals surface area contributed by atoms with E-state index in [1.165, 1.54) is 5.56 Å². The number of nitrogens with two attached hydrogens (primary N) is 1. The van der Waals surface area contributed by atoms with Crippen molar-refractivity contribution in [3.05, 3.63) is 29.3 Å². The summed E-state index contributed by atoms with van der Waals surface area (Å²) in [5, 5.41) is 19.3. The molecular formula is C12H17Cl2N3O3. The minimum Gasteiger partial charge on any atom is -0.478 e. The molecule has 1 aromatic rings. The first-order valence-corrected chi connectivity index (χ1v) is 5.64. The largest absolute Gasteiger partial charge is 0.478 e. The van der Waals surface area contributed by atoms with Crippen LogP contribution >= 0.6 is 24.8 Å². The van der Waals surface area contributed by atoms with Crippen molar-refractivity contribution in [1.82, 2.24) is 5.32 Å². The van der Waals surface area contributed by atoms with Gasteiger partial charge in [-0.3, -0.25) is 5.41 Å². The lowest BCUT2D eigenvalue weighted by Gasteiger charge is -2.19. The van der Waals surface area contributed by atoms with Crippen molar-refractivity contribution in [2.75, 3.05) is 6.54 Å². The monoisotopic (exact) mass is 321 g/mol. The fourth-order valence-corrected chi connectivity index (χ4v) is 1.91.